The van der Waals surface area contributed by atoms with Crippen LogP contribution in [0.2, 0.25) is 0 Å². The third kappa shape index (κ3) is 7.25. The molecule has 1 atom stereocenters. The SMILES string of the molecule is CCNC(=NCC1(CS(C)(=O)=O)CC1)NCC1CCCS1.I. The number of halogens is 1. The average Bonchev–Trinajstić information content (AvgIpc) is 2.94. The number of hydrogen-bond acceptors (Lipinski definition) is 4. The first-order chi connectivity index (χ1) is 9.92. The van der Waals surface area contributed by atoms with Crippen LogP contribution in [0.4, 0.5) is 0 Å². The summed E-state index contributed by atoms with van der Waals surface area (Å²) >= 11 is 2.02. The van der Waals surface area contributed by atoms with Gasteiger partial charge >= 0.3 is 0 Å². The minimum absolute atomic E-state index is 0. The molecule has 1 aliphatic carbocycles. The van der Waals surface area contributed by atoms with Gasteiger partial charge in [-0.15, -0.1) is 24.0 Å². The Labute approximate surface area is 155 Å². The molecule has 0 amide bonds. The number of rotatable bonds is 7. The highest BCUT2D eigenvalue weighted by Crippen LogP contribution is 2.46. The molecule has 1 aliphatic heterocycles. The lowest BCUT2D eigenvalue weighted by Gasteiger charge is -2.16. The smallest absolute Gasteiger partial charge is 0.191 e. The van der Waals surface area contributed by atoms with E-state index in [-0.39, 0.29) is 35.1 Å². The molecule has 1 saturated heterocycles. The first kappa shape index (κ1) is 20.3. The lowest BCUT2D eigenvalue weighted by Crippen LogP contribution is -2.40. The van der Waals surface area contributed by atoms with Gasteiger partial charge in [0.05, 0.1) is 5.75 Å². The topological polar surface area (TPSA) is 70.6 Å². The Kier molecular flexibility index (Phi) is 8.29. The largest absolute Gasteiger partial charge is 0.357 e. The van der Waals surface area contributed by atoms with Gasteiger partial charge in [0.1, 0.15) is 9.84 Å². The molecule has 22 heavy (non-hydrogen) atoms. The molecular formula is C14H28IN3O2S2. The lowest BCUT2D eigenvalue weighted by atomic mass is 10.1. The summed E-state index contributed by atoms with van der Waals surface area (Å²) in [6, 6.07) is 0. The summed E-state index contributed by atoms with van der Waals surface area (Å²) < 4.78 is 22.9. The van der Waals surface area contributed by atoms with Gasteiger partial charge in [-0.05, 0) is 38.4 Å². The number of aliphatic imine (C=N–C) groups is 1. The van der Waals surface area contributed by atoms with Gasteiger partial charge in [-0.1, -0.05) is 0 Å². The van der Waals surface area contributed by atoms with Crippen LogP contribution in [0.5, 0.6) is 0 Å². The number of nitrogens with zero attached hydrogens (tertiary/aromatic N) is 1. The fourth-order valence-corrected chi connectivity index (χ4v) is 5.38. The highest BCUT2D eigenvalue weighted by molar-refractivity contribution is 14.0. The molecule has 130 valence electrons. The van der Waals surface area contributed by atoms with Crippen molar-refractivity contribution in [3.63, 3.8) is 0 Å². The van der Waals surface area contributed by atoms with Gasteiger partial charge in [-0.3, -0.25) is 4.99 Å². The quantitative estimate of drug-likeness (QED) is 0.344. The van der Waals surface area contributed by atoms with Crippen LogP contribution in [0, 0.1) is 5.41 Å². The zero-order valence-electron chi connectivity index (χ0n) is 13.4. The molecule has 8 heteroatoms. The lowest BCUT2D eigenvalue weighted by molar-refractivity contribution is 0.550. The van der Waals surface area contributed by atoms with Crippen LogP contribution in [0.3, 0.4) is 0 Å². The average molecular weight is 461 g/mol. The molecule has 2 rings (SSSR count). The van der Waals surface area contributed by atoms with Crippen molar-refractivity contribution in [1.29, 1.82) is 0 Å². The third-order valence-corrected chi connectivity index (χ3v) is 6.50. The number of nitrogens with one attached hydrogen (secondary N) is 2. The van der Waals surface area contributed by atoms with E-state index < -0.39 is 9.84 Å². The van der Waals surface area contributed by atoms with Gasteiger partial charge in [-0.2, -0.15) is 11.8 Å². The number of thioether (sulfide) groups is 1. The zero-order chi connectivity index (χ0) is 15.3. The van der Waals surface area contributed by atoms with E-state index in [1.165, 1.54) is 24.9 Å². The Morgan fingerprint density at radius 1 is 1.36 bits per heavy atom. The second kappa shape index (κ2) is 8.96. The predicted octanol–water partition coefficient (Wildman–Crippen LogP) is 1.88. The van der Waals surface area contributed by atoms with Crippen LogP contribution in [0.1, 0.15) is 32.6 Å². The molecule has 1 heterocycles. The van der Waals surface area contributed by atoms with Crippen LogP contribution in [-0.2, 0) is 9.84 Å². The summed E-state index contributed by atoms with van der Waals surface area (Å²) in [5.74, 6) is 2.35. The maximum atomic E-state index is 11.5. The molecule has 0 aromatic rings. The Morgan fingerprint density at radius 2 is 2.09 bits per heavy atom. The van der Waals surface area contributed by atoms with Gasteiger partial charge in [0.15, 0.2) is 5.96 Å². The Balaban J connectivity index is 0.00000242. The highest BCUT2D eigenvalue weighted by Gasteiger charge is 2.45. The molecule has 2 N–H and O–H groups in total. The molecule has 0 radical (unpaired) electrons. The van der Waals surface area contributed by atoms with Crippen molar-refractivity contribution < 1.29 is 8.42 Å². The maximum Gasteiger partial charge on any atom is 0.191 e. The molecule has 1 unspecified atom stereocenters. The third-order valence-electron chi connectivity index (χ3n) is 3.96. The summed E-state index contributed by atoms with van der Waals surface area (Å²) in [4.78, 5) is 4.61. The second-order valence-electron chi connectivity index (χ2n) is 6.28. The van der Waals surface area contributed by atoms with Crippen molar-refractivity contribution in [3.05, 3.63) is 0 Å². The Bertz CT molecular complexity index is 472. The van der Waals surface area contributed by atoms with E-state index in [0.29, 0.717) is 11.8 Å². The van der Waals surface area contributed by atoms with Crippen LogP contribution in [0.15, 0.2) is 4.99 Å². The molecule has 5 nitrogen and oxygen atoms in total. The van der Waals surface area contributed by atoms with Gasteiger partial charge in [0.2, 0.25) is 0 Å². The Hall–Kier alpha value is 0.300. The van der Waals surface area contributed by atoms with Crippen LogP contribution >= 0.6 is 35.7 Å². The van der Waals surface area contributed by atoms with Gasteiger partial charge in [0, 0.05) is 36.6 Å². The fraction of sp³-hybridized carbons (Fsp3) is 0.929. The van der Waals surface area contributed by atoms with Crippen molar-refractivity contribution in [3.8, 4) is 0 Å². The molecule has 0 aromatic carbocycles. The van der Waals surface area contributed by atoms with Crippen molar-refractivity contribution in [2.45, 2.75) is 37.9 Å². The van der Waals surface area contributed by atoms with E-state index in [4.69, 9.17) is 0 Å². The van der Waals surface area contributed by atoms with E-state index in [1.807, 2.05) is 18.7 Å². The minimum atomic E-state index is -2.92. The van der Waals surface area contributed by atoms with E-state index in [2.05, 4.69) is 15.6 Å². The molecular weight excluding hydrogens is 433 g/mol. The molecule has 1 saturated carbocycles. The molecule has 2 fully saturated rings. The van der Waals surface area contributed by atoms with Gasteiger partial charge in [-0.25, -0.2) is 8.42 Å². The summed E-state index contributed by atoms with van der Waals surface area (Å²) in [6.07, 6.45) is 5.84. The highest BCUT2D eigenvalue weighted by atomic mass is 127. The number of guanidine groups is 1. The minimum Gasteiger partial charge on any atom is -0.357 e. The zero-order valence-corrected chi connectivity index (χ0v) is 17.4. The van der Waals surface area contributed by atoms with E-state index in [1.54, 1.807) is 0 Å². The number of sulfone groups is 1. The fourth-order valence-electron chi connectivity index (χ4n) is 2.69. The van der Waals surface area contributed by atoms with E-state index >= 15 is 0 Å². The van der Waals surface area contributed by atoms with Crippen LogP contribution < -0.4 is 10.6 Å². The summed E-state index contributed by atoms with van der Waals surface area (Å²) in [5, 5.41) is 7.32. The predicted molar refractivity (Wildman–Crippen MR) is 106 cm³/mol. The molecule has 0 bridgehead atoms. The van der Waals surface area contributed by atoms with Crippen molar-refractivity contribution in [2.24, 2.45) is 10.4 Å². The maximum absolute atomic E-state index is 11.5. The summed E-state index contributed by atoms with van der Waals surface area (Å²) in [5.41, 5.74) is -0.0992. The number of hydrogen-bond donors (Lipinski definition) is 2. The summed E-state index contributed by atoms with van der Waals surface area (Å²) in [6.45, 7) is 4.41. The monoisotopic (exact) mass is 461 g/mol. The molecule has 0 aromatic heterocycles. The molecule has 0 spiro atoms. The Morgan fingerprint density at radius 3 is 2.59 bits per heavy atom. The van der Waals surface area contributed by atoms with Crippen molar-refractivity contribution >= 4 is 51.5 Å². The van der Waals surface area contributed by atoms with E-state index in [0.717, 1.165) is 31.9 Å². The van der Waals surface area contributed by atoms with Crippen molar-refractivity contribution in [2.75, 3.05) is 37.4 Å². The van der Waals surface area contributed by atoms with E-state index in [9.17, 15) is 8.42 Å². The summed E-state index contributed by atoms with van der Waals surface area (Å²) in [7, 11) is -2.92. The first-order valence-electron chi connectivity index (χ1n) is 7.74. The molecule has 2 aliphatic rings. The van der Waals surface area contributed by atoms with Gasteiger partial charge in [0.25, 0.3) is 0 Å². The normalized spacial score (nSPS) is 23.7. The standard InChI is InChI=1S/C14H27N3O2S2.HI/c1-3-15-13(16-9-12-5-4-8-20-12)17-10-14(6-7-14)11-21(2,18)19;/h12H,3-11H2,1-2H3,(H2,15,16,17);1H. The first-order valence-corrected chi connectivity index (χ1v) is 10.8. The van der Waals surface area contributed by atoms with Crippen LogP contribution in [0.25, 0.3) is 0 Å². The van der Waals surface area contributed by atoms with Crippen LogP contribution in [-0.4, -0.2) is 57.0 Å². The van der Waals surface area contributed by atoms with Gasteiger partial charge < -0.3 is 10.6 Å². The van der Waals surface area contributed by atoms with Crippen molar-refractivity contribution in [1.82, 2.24) is 10.6 Å². The second-order valence-corrected chi connectivity index (χ2v) is 9.83.